The number of esters is 2. The third kappa shape index (κ3) is 11.6. The Hall–Kier alpha value is -4.28. The van der Waals surface area contributed by atoms with Crippen molar-refractivity contribution in [3.05, 3.63) is 108 Å². The van der Waals surface area contributed by atoms with Crippen molar-refractivity contribution in [2.24, 2.45) is 29.6 Å². The van der Waals surface area contributed by atoms with Crippen LogP contribution in [0.4, 0.5) is 0 Å². The molecule has 0 saturated carbocycles. The van der Waals surface area contributed by atoms with Gasteiger partial charge < -0.3 is 35.7 Å². The number of ketones is 1. The van der Waals surface area contributed by atoms with Crippen LogP contribution >= 0.6 is 0 Å². The smallest absolute Gasteiger partial charge is 0.664 e. The summed E-state index contributed by atoms with van der Waals surface area (Å²) in [6, 6.07) is 0. The Labute approximate surface area is 404 Å². The van der Waals surface area contributed by atoms with E-state index in [0.717, 1.165) is 75.2 Å². The third-order valence-corrected chi connectivity index (χ3v) is 14.0. The van der Waals surface area contributed by atoms with Crippen LogP contribution in [0.15, 0.2) is 29.6 Å². The van der Waals surface area contributed by atoms with E-state index in [0.29, 0.717) is 46.1 Å². The number of fused-ring (bicyclic) bond motifs is 7. The zero-order valence-electron chi connectivity index (χ0n) is 41.2. The van der Waals surface area contributed by atoms with Crippen LogP contribution in [0.1, 0.15) is 180 Å². The normalized spacial score (nSPS) is 21.2. The van der Waals surface area contributed by atoms with Gasteiger partial charge in [-0.3, -0.25) is 14.4 Å². The topological polar surface area (TPSA) is 126 Å². The van der Waals surface area contributed by atoms with Gasteiger partial charge in [-0.25, -0.2) is 0 Å². The molecule has 3 aromatic heterocycles. The Bertz CT molecular complexity index is 2450. The van der Waals surface area contributed by atoms with Crippen molar-refractivity contribution in [3.63, 3.8) is 0 Å². The van der Waals surface area contributed by atoms with Gasteiger partial charge in [-0.15, -0.1) is 33.5 Å². The first-order chi connectivity index (χ1) is 30.6. The number of hydrogen-bond donors (Lipinski definition) is 0. The summed E-state index contributed by atoms with van der Waals surface area (Å²) in [4.78, 5) is 56.6. The van der Waals surface area contributed by atoms with Crippen LogP contribution in [-0.4, -0.2) is 54.5 Å². The van der Waals surface area contributed by atoms with Gasteiger partial charge in [0.2, 0.25) is 0 Å². The maximum absolute atomic E-state index is 14.4. The second-order valence-corrected chi connectivity index (χ2v) is 19.2. The van der Waals surface area contributed by atoms with E-state index in [4.69, 9.17) is 29.7 Å². The first-order valence-electron chi connectivity index (χ1n) is 23.8. The number of rotatable bonds is 20. The number of hydrogen-bond acceptors (Lipinski definition) is 5. The van der Waals surface area contributed by atoms with Gasteiger partial charge in [0.15, 0.2) is 5.78 Å². The molecule has 2 aliphatic heterocycles. The SMILES string of the molecule is C=Cc1c2[n-]c(c1C)/C=C1\[N-]/C(=C3\c4[n-]c(c(C)c4C(=O)[C@@H]3C(=O)OC)/C=c3\[n-]/c(c(C)c3CC)=C\2)[C@@H](CCC(=O)OC/C=C(\C)CCC[C@H](C)CCC[C-](C)CCCC(C)C)[C@@H]1C.[Mg+2]. The minimum atomic E-state index is -1.22. The Morgan fingerprint density at radius 2 is 1.57 bits per heavy atom. The van der Waals surface area contributed by atoms with Crippen molar-refractivity contribution in [2.75, 3.05) is 13.7 Å². The Morgan fingerprint density at radius 1 is 0.892 bits per heavy atom. The van der Waals surface area contributed by atoms with Crippen LogP contribution < -0.4 is 25.7 Å². The molecule has 0 unspecified atom stereocenters. The number of aromatic nitrogens is 3. The summed E-state index contributed by atoms with van der Waals surface area (Å²) in [5.74, 6) is 0.0831. The van der Waals surface area contributed by atoms with Crippen LogP contribution in [0.5, 0.6) is 0 Å². The summed E-state index contributed by atoms with van der Waals surface area (Å²) < 4.78 is 11.0. The van der Waals surface area contributed by atoms with Crippen molar-refractivity contribution in [1.29, 1.82) is 0 Å². The van der Waals surface area contributed by atoms with Gasteiger partial charge in [0.25, 0.3) is 0 Å². The molecule has 0 radical (unpaired) electrons. The van der Waals surface area contributed by atoms with E-state index < -0.39 is 11.9 Å². The van der Waals surface area contributed by atoms with Crippen molar-refractivity contribution < 1.29 is 23.9 Å². The van der Waals surface area contributed by atoms with Crippen molar-refractivity contribution >= 4 is 70.7 Å². The number of carbonyl (C=O) groups is 3. The van der Waals surface area contributed by atoms with E-state index in [1.807, 2.05) is 44.2 Å². The third-order valence-electron chi connectivity index (χ3n) is 14.0. The molecule has 4 atom stereocenters. The average molecular weight is 893 g/mol. The molecule has 3 aliphatic rings. The molecule has 5 heterocycles. The zero-order valence-corrected chi connectivity index (χ0v) is 42.6. The number of ether oxygens (including phenoxy) is 2. The van der Waals surface area contributed by atoms with Gasteiger partial charge in [0.1, 0.15) is 12.5 Å². The van der Waals surface area contributed by atoms with E-state index in [9.17, 15) is 14.4 Å². The monoisotopic (exact) mass is 892 g/mol. The summed E-state index contributed by atoms with van der Waals surface area (Å²) in [5.41, 5.74) is 10.7. The molecule has 0 N–H and O–H groups in total. The Kier molecular flexibility index (Phi) is 18.3. The van der Waals surface area contributed by atoms with Crippen LogP contribution in [0.25, 0.3) is 35.2 Å². The fourth-order valence-electron chi connectivity index (χ4n) is 9.94. The Morgan fingerprint density at radius 3 is 2.25 bits per heavy atom. The van der Waals surface area contributed by atoms with Crippen LogP contribution in [0, 0.1) is 56.3 Å². The van der Waals surface area contributed by atoms with Gasteiger partial charge >= 0.3 is 35.0 Å². The number of carbonyl (C=O) groups excluding carboxylic acids is 3. The molecule has 9 nitrogen and oxygen atoms in total. The van der Waals surface area contributed by atoms with Crippen molar-refractivity contribution in [2.45, 2.75) is 146 Å². The molecule has 0 spiro atoms. The molecule has 10 heteroatoms. The quantitative estimate of drug-likeness (QED) is 0.0361. The number of methoxy groups -OCH3 is 1. The maximum atomic E-state index is 14.4. The van der Waals surface area contributed by atoms with Crippen LogP contribution in [0.3, 0.4) is 0 Å². The standard InChI is InChI=1S/C55H72N4O5.Mg/c1-13-39-35(8)42-28-44-37(10)41(24-25-48(60)64-27-26-34(7)23-17-22-33(6)21-16-20-32(5)19-15-18-31(3)4)52(58-44)50-51(55(62)63-12)54(61)49-38(11)45(59-53(49)50)30-47-40(14-2)36(9)43(57-47)29-46(39)56-42;/h13,26,28-31,33,37,41,51H,1,14-25,27H2,2-12H3,(H-,58,59,61);/q-4;+2/p-1/b34-26+,43-29-,44-28-,47-30-;/t33-,37+,41+,51-;/m1./s1. The first kappa shape index (κ1) is 51.7. The molecular weight excluding hydrogens is 821 g/mol. The average Bonchev–Trinajstić information content (AvgIpc) is 3.99. The van der Waals surface area contributed by atoms with E-state index in [2.05, 4.69) is 62.0 Å². The van der Waals surface area contributed by atoms with E-state index in [-0.39, 0.29) is 59.7 Å². The number of nitrogens with zero attached hydrogens (tertiary/aromatic N) is 4. The van der Waals surface area contributed by atoms with Crippen molar-refractivity contribution in [1.82, 2.24) is 15.0 Å². The van der Waals surface area contributed by atoms with Gasteiger partial charge in [-0.2, -0.15) is 31.2 Å². The molecule has 0 aromatic carbocycles. The molecule has 6 rings (SSSR count). The second kappa shape index (κ2) is 22.9. The first-order valence-corrected chi connectivity index (χ1v) is 23.8. The molecular formula is C55H71MgN4O5-3. The summed E-state index contributed by atoms with van der Waals surface area (Å²) in [6.07, 6.45) is 22.1. The summed E-state index contributed by atoms with van der Waals surface area (Å²) >= 11 is 0. The van der Waals surface area contributed by atoms with Gasteiger partial charge in [0.05, 0.1) is 7.11 Å². The van der Waals surface area contributed by atoms with Gasteiger partial charge in [0, 0.05) is 12.0 Å². The van der Waals surface area contributed by atoms with E-state index in [1.165, 1.54) is 57.6 Å². The molecule has 65 heavy (non-hydrogen) atoms. The predicted molar refractivity (Wildman–Crippen MR) is 264 cm³/mol. The van der Waals surface area contributed by atoms with E-state index >= 15 is 0 Å². The summed E-state index contributed by atoms with van der Waals surface area (Å²) in [5, 5.41) is 6.83. The maximum Gasteiger partial charge on any atom is 2.00 e. The number of allylic oxidation sites excluding steroid dienone is 3. The van der Waals surface area contributed by atoms with Gasteiger partial charge in [-0.1, -0.05) is 131 Å². The molecule has 1 aliphatic carbocycles. The summed E-state index contributed by atoms with van der Waals surface area (Å²) in [6.45, 7) is 25.9. The van der Waals surface area contributed by atoms with Crippen LogP contribution in [-0.2, 0) is 25.5 Å². The molecule has 1 fully saturated rings. The Balaban J connectivity index is 0.00000793. The molecule has 0 amide bonds. The molecule has 346 valence electrons. The van der Waals surface area contributed by atoms with Crippen LogP contribution in [0.2, 0.25) is 0 Å². The minimum absolute atomic E-state index is 0. The molecule has 3 aromatic rings. The predicted octanol–water partition coefficient (Wildman–Crippen LogP) is 10.3. The molecule has 1 saturated heterocycles. The molecule has 8 bridgehead atoms. The zero-order chi connectivity index (χ0) is 46.4. The second-order valence-electron chi connectivity index (χ2n) is 19.2. The largest absolute Gasteiger partial charge is 2.00 e. The van der Waals surface area contributed by atoms with Gasteiger partial charge in [-0.05, 0) is 88.7 Å². The van der Waals surface area contributed by atoms with Crippen molar-refractivity contribution in [3.8, 4) is 0 Å². The minimum Gasteiger partial charge on any atom is -0.664 e. The number of Topliss-reactive ketones (excluding diaryl/α,β-unsaturated/α-hetero) is 1. The summed E-state index contributed by atoms with van der Waals surface area (Å²) in [7, 11) is 1.30. The fraction of sp³-hybridized carbons (Fsp3) is 0.527. The fourth-order valence-corrected chi connectivity index (χ4v) is 9.94. The van der Waals surface area contributed by atoms with E-state index in [1.54, 1.807) is 5.92 Å².